The number of methoxy groups -OCH3 is 1. The molecule has 0 spiro atoms. The molecular formula is C24H24FN5O5S. The lowest BCUT2D eigenvalue weighted by Crippen LogP contribution is -2.31. The molecule has 12 heteroatoms. The molecule has 3 aromatic rings. The van der Waals surface area contributed by atoms with E-state index in [9.17, 15) is 19.1 Å². The fraction of sp³-hybridized carbons (Fsp3) is 0.333. The average Bonchev–Trinajstić information content (AvgIpc) is 3.24. The van der Waals surface area contributed by atoms with Gasteiger partial charge in [0.2, 0.25) is 11.8 Å². The first-order chi connectivity index (χ1) is 17.4. The number of nitrogens with one attached hydrogen (secondary N) is 2. The number of rotatable bonds is 8. The van der Waals surface area contributed by atoms with Gasteiger partial charge in [-0.25, -0.2) is 14.2 Å². The van der Waals surface area contributed by atoms with E-state index in [4.69, 9.17) is 9.47 Å². The number of thioether (sulfide) groups is 1. The van der Waals surface area contributed by atoms with Crippen LogP contribution >= 0.6 is 11.8 Å². The maximum Gasteiger partial charge on any atom is 0.414 e. The number of carbonyl (C=O) groups excluding carboxylic acids is 2. The molecule has 0 radical (unpaired) electrons. The number of benzene rings is 1. The van der Waals surface area contributed by atoms with Crippen LogP contribution in [0.5, 0.6) is 5.88 Å². The van der Waals surface area contributed by atoms with Gasteiger partial charge in [-0.3, -0.25) is 14.7 Å². The lowest BCUT2D eigenvalue weighted by atomic mass is 10.1. The second-order valence-corrected chi connectivity index (χ2v) is 9.48. The minimum Gasteiger partial charge on any atom is -0.481 e. The molecule has 5 rings (SSSR count). The molecule has 1 fully saturated rings. The van der Waals surface area contributed by atoms with Crippen LogP contribution in [0.1, 0.15) is 12.0 Å². The number of aliphatic hydroxyl groups excluding tert-OH is 1. The fourth-order valence-electron chi connectivity index (χ4n) is 4.20. The molecule has 1 aromatic carbocycles. The van der Waals surface area contributed by atoms with Gasteiger partial charge < -0.3 is 25.2 Å². The Morgan fingerprint density at radius 2 is 2.22 bits per heavy atom. The number of aromatic nitrogens is 2. The molecule has 0 unspecified atom stereocenters. The van der Waals surface area contributed by atoms with Gasteiger partial charge in [-0.05, 0) is 24.3 Å². The van der Waals surface area contributed by atoms with Crippen LogP contribution in [0.4, 0.5) is 20.6 Å². The van der Waals surface area contributed by atoms with Gasteiger partial charge >= 0.3 is 6.09 Å². The van der Waals surface area contributed by atoms with E-state index in [1.165, 1.54) is 23.8 Å². The first-order valence-electron chi connectivity index (χ1n) is 11.3. The number of amides is 2. The smallest absolute Gasteiger partial charge is 0.414 e. The summed E-state index contributed by atoms with van der Waals surface area (Å²) in [6.07, 6.45) is -0.515. The normalized spacial score (nSPS) is 18.1. The molecule has 2 amide bonds. The Morgan fingerprint density at radius 3 is 3.06 bits per heavy atom. The van der Waals surface area contributed by atoms with Crippen LogP contribution in [-0.4, -0.2) is 65.2 Å². The largest absolute Gasteiger partial charge is 0.481 e. The Kier molecular flexibility index (Phi) is 6.90. The highest BCUT2D eigenvalue weighted by Gasteiger charge is 2.34. The minimum absolute atomic E-state index is 0.0864. The second kappa shape index (κ2) is 10.2. The maximum absolute atomic E-state index is 14.4. The van der Waals surface area contributed by atoms with Crippen LogP contribution < -0.4 is 20.3 Å². The molecule has 36 heavy (non-hydrogen) atoms. The summed E-state index contributed by atoms with van der Waals surface area (Å²) in [5.41, 5.74) is 2.52. The van der Waals surface area contributed by atoms with Crippen LogP contribution in [0.3, 0.4) is 0 Å². The van der Waals surface area contributed by atoms with Gasteiger partial charge in [0.25, 0.3) is 0 Å². The van der Waals surface area contributed by atoms with Crippen molar-refractivity contribution in [2.45, 2.75) is 30.1 Å². The molecule has 4 heterocycles. The number of pyridine rings is 2. The van der Waals surface area contributed by atoms with Crippen LogP contribution in [0, 0.1) is 5.82 Å². The van der Waals surface area contributed by atoms with Crippen molar-refractivity contribution in [3.05, 3.63) is 47.9 Å². The zero-order valence-electron chi connectivity index (χ0n) is 19.4. The molecule has 0 saturated carbocycles. The van der Waals surface area contributed by atoms with E-state index in [1.807, 2.05) is 12.1 Å². The predicted octanol–water partition coefficient (Wildman–Crippen LogP) is 2.69. The minimum atomic E-state index is -0.833. The Morgan fingerprint density at radius 1 is 1.36 bits per heavy atom. The van der Waals surface area contributed by atoms with Gasteiger partial charge in [0.15, 0.2) is 0 Å². The molecule has 2 atom stereocenters. The lowest BCUT2D eigenvalue weighted by molar-refractivity contribution is -0.113. The van der Waals surface area contributed by atoms with Crippen molar-refractivity contribution in [3.8, 4) is 5.88 Å². The number of nitrogens with zero attached hydrogens (tertiary/aromatic N) is 3. The van der Waals surface area contributed by atoms with Gasteiger partial charge in [-0.1, -0.05) is 0 Å². The van der Waals surface area contributed by atoms with E-state index < -0.39 is 24.1 Å². The molecule has 1 saturated heterocycles. The van der Waals surface area contributed by atoms with Crippen molar-refractivity contribution >= 4 is 46.2 Å². The average molecular weight is 514 g/mol. The summed E-state index contributed by atoms with van der Waals surface area (Å²) >= 11 is 1.44. The van der Waals surface area contributed by atoms with E-state index in [2.05, 4.69) is 20.6 Å². The Hall–Kier alpha value is -3.48. The fourth-order valence-corrected chi connectivity index (χ4v) is 4.99. The highest BCUT2D eigenvalue weighted by molar-refractivity contribution is 8.00. The SMILES string of the molecule is COc1ccc2ncc(F)c(CNC[C@@H](O)C[C@@H]3CN(c4ccc5c(c4)NC(=O)CS5)C(=O)O3)c2n1. The molecule has 0 aliphatic carbocycles. The molecule has 10 nitrogen and oxygen atoms in total. The molecule has 0 bridgehead atoms. The molecular weight excluding hydrogens is 489 g/mol. The third kappa shape index (κ3) is 5.06. The van der Waals surface area contributed by atoms with Gasteiger partial charge in [0.05, 0.1) is 42.9 Å². The van der Waals surface area contributed by atoms with Gasteiger partial charge in [-0.15, -0.1) is 11.8 Å². The van der Waals surface area contributed by atoms with Gasteiger partial charge in [0, 0.05) is 41.7 Å². The van der Waals surface area contributed by atoms with Crippen molar-refractivity contribution in [2.24, 2.45) is 0 Å². The van der Waals surface area contributed by atoms with Crippen LogP contribution in [-0.2, 0) is 16.1 Å². The predicted molar refractivity (Wildman–Crippen MR) is 132 cm³/mol. The quantitative estimate of drug-likeness (QED) is 0.417. The molecule has 188 valence electrons. The van der Waals surface area contributed by atoms with Gasteiger partial charge in [0.1, 0.15) is 17.4 Å². The van der Waals surface area contributed by atoms with Crippen molar-refractivity contribution < 1.29 is 28.6 Å². The van der Waals surface area contributed by atoms with E-state index in [1.54, 1.807) is 18.2 Å². The van der Waals surface area contributed by atoms with E-state index >= 15 is 0 Å². The number of ether oxygens (including phenoxy) is 2. The number of aliphatic hydroxyl groups is 1. The van der Waals surface area contributed by atoms with Crippen molar-refractivity contribution in [1.29, 1.82) is 0 Å². The highest BCUT2D eigenvalue weighted by atomic mass is 32.2. The highest BCUT2D eigenvalue weighted by Crippen LogP contribution is 2.35. The lowest BCUT2D eigenvalue weighted by Gasteiger charge is -2.20. The number of carbonyl (C=O) groups is 2. The Bertz CT molecular complexity index is 1330. The maximum atomic E-state index is 14.4. The first-order valence-corrected chi connectivity index (χ1v) is 12.3. The number of anilines is 2. The van der Waals surface area contributed by atoms with Gasteiger partial charge in [-0.2, -0.15) is 0 Å². The number of hydrogen-bond acceptors (Lipinski definition) is 9. The summed E-state index contributed by atoms with van der Waals surface area (Å²) in [7, 11) is 1.48. The van der Waals surface area contributed by atoms with E-state index in [0.717, 1.165) is 11.1 Å². The second-order valence-electron chi connectivity index (χ2n) is 8.46. The summed E-state index contributed by atoms with van der Waals surface area (Å²) in [4.78, 5) is 34.9. The van der Waals surface area contributed by atoms with E-state index in [0.29, 0.717) is 39.6 Å². The first kappa shape index (κ1) is 24.2. The summed E-state index contributed by atoms with van der Waals surface area (Å²) in [5, 5.41) is 16.4. The monoisotopic (exact) mass is 513 g/mol. The molecule has 3 N–H and O–H groups in total. The number of halogens is 1. The molecule has 2 aliphatic heterocycles. The zero-order valence-corrected chi connectivity index (χ0v) is 20.2. The topological polar surface area (TPSA) is 126 Å². The van der Waals surface area contributed by atoms with Crippen LogP contribution in [0.2, 0.25) is 0 Å². The summed E-state index contributed by atoms with van der Waals surface area (Å²) in [6, 6.07) is 8.77. The van der Waals surface area contributed by atoms with Crippen LogP contribution in [0.15, 0.2) is 41.4 Å². The zero-order chi connectivity index (χ0) is 25.2. The third-order valence-corrected chi connectivity index (χ3v) is 7.02. The molecule has 2 aliphatic rings. The number of fused-ring (bicyclic) bond motifs is 2. The summed E-state index contributed by atoms with van der Waals surface area (Å²) in [6.45, 7) is 0.546. The standard InChI is InChI=1S/C24H24FN5O5S/c1-34-22-5-3-18-23(29-22)16(17(25)10-27-18)9-26-8-14(31)7-15-11-30(24(33)35-15)13-2-4-20-19(6-13)28-21(32)12-36-20/h2-6,10,14-15,26,31H,7-9,11-12H2,1H3,(H,28,32)/t14-,15+/m0/s1. The molecule has 2 aromatic heterocycles. The van der Waals surface area contributed by atoms with Crippen LogP contribution in [0.25, 0.3) is 11.0 Å². The van der Waals surface area contributed by atoms with Crippen molar-refractivity contribution in [3.63, 3.8) is 0 Å². The third-order valence-electron chi connectivity index (χ3n) is 5.95. The van der Waals surface area contributed by atoms with E-state index in [-0.39, 0.29) is 32.0 Å². The number of hydrogen-bond donors (Lipinski definition) is 3. The number of cyclic esters (lactones) is 1. The Balaban J connectivity index is 1.17. The summed E-state index contributed by atoms with van der Waals surface area (Å²) in [5.74, 6) is 0.117. The summed E-state index contributed by atoms with van der Waals surface area (Å²) < 4.78 is 25.0. The Labute approximate surface area is 210 Å². The van der Waals surface area contributed by atoms with Crippen molar-refractivity contribution in [1.82, 2.24) is 15.3 Å². The van der Waals surface area contributed by atoms with Crippen molar-refractivity contribution in [2.75, 3.05) is 36.2 Å².